The van der Waals surface area contributed by atoms with E-state index in [1.54, 1.807) is 29.1 Å². The molecule has 5 rings (SSSR count). The summed E-state index contributed by atoms with van der Waals surface area (Å²) < 4.78 is 24.5. The van der Waals surface area contributed by atoms with E-state index in [0.717, 1.165) is 51.9 Å². The zero-order chi connectivity index (χ0) is 34.9. The molecule has 2 atom stereocenters. The highest BCUT2D eigenvalue weighted by Gasteiger charge is 2.35. The molecule has 0 N–H and O–H groups in total. The molecular weight excluding hydrogens is 651 g/mol. The van der Waals surface area contributed by atoms with E-state index in [9.17, 15) is 4.79 Å². The van der Waals surface area contributed by atoms with Gasteiger partial charge in [-0.2, -0.15) is 0 Å². The molecule has 0 radical (unpaired) electrons. The lowest BCUT2D eigenvalue weighted by molar-refractivity contribution is -0.0360. The van der Waals surface area contributed by atoms with E-state index in [2.05, 4.69) is 78.1 Å². The number of piperidine rings is 1. The second kappa shape index (κ2) is 17.0. The van der Waals surface area contributed by atoms with Crippen LogP contribution in [0.15, 0.2) is 84.3 Å². The van der Waals surface area contributed by atoms with E-state index in [-0.39, 0.29) is 24.9 Å². The van der Waals surface area contributed by atoms with Crippen LogP contribution in [0.4, 0.5) is 4.79 Å². The predicted octanol–water partition coefficient (Wildman–Crippen LogP) is 8.97. The topological polar surface area (TPSA) is 83.0 Å². The van der Waals surface area contributed by atoms with Crippen LogP contribution in [0.2, 0.25) is 25.7 Å². The van der Waals surface area contributed by atoms with Crippen molar-refractivity contribution in [2.24, 2.45) is 0 Å². The maximum Gasteiger partial charge on any atom is 0.410 e. The fourth-order valence-corrected chi connectivity index (χ4v) is 7.34. The van der Waals surface area contributed by atoms with Crippen molar-refractivity contribution in [3.05, 3.63) is 95.8 Å². The Morgan fingerprint density at radius 2 is 1.73 bits per heavy atom. The average molecular weight is 702 g/mol. The molecule has 1 aromatic heterocycles. The summed E-state index contributed by atoms with van der Waals surface area (Å²) in [6.45, 7) is 15.1. The monoisotopic (exact) mass is 701 g/mol. The van der Waals surface area contributed by atoms with Crippen LogP contribution in [-0.4, -0.2) is 73.0 Å². The van der Waals surface area contributed by atoms with Crippen molar-refractivity contribution in [3.63, 3.8) is 0 Å². The number of carbonyl (C=O) groups excluding carboxylic acids is 1. The molecular formula is C39H51N3O5SSi. The minimum atomic E-state index is -1.18. The predicted molar refractivity (Wildman–Crippen MR) is 200 cm³/mol. The maximum absolute atomic E-state index is 13.1. The molecule has 2 unspecified atom stereocenters. The third-order valence-corrected chi connectivity index (χ3v) is 11.0. The van der Waals surface area contributed by atoms with Crippen LogP contribution >= 0.6 is 11.8 Å². The fourth-order valence-electron chi connectivity index (χ4n) is 5.79. The zero-order valence-electron chi connectivity index (χ0n) is 29.8. The van der Waals surface area contributed by atoms with E-state index in [0.29, 0.717) is 26.3 Å². The van der Waals surface area contributed by atoms with Gasteiger partial charge in [-0.25, -0.2) is 14.8 Å². The minimum absolute atomic E-state index is 0.135. The third kappa shape index (κ3) is 11.6. The van der Waals surface area contributed by atoms with Gasteiger partial charge in [-0.05, 0) is 79.9 Å². The Morgan fingerprint density at radius 3 is 2.47 bits per heavy atom. The summed E-state index contributed by atoms with van der Waals surface area (Å²) in [5.74, 6) is 1.83. The minimum Gasteiger partial charge on any atom is -0.467 e. The molecule has 3 aromatic carbocycles. The Bertz CT molecular complexity index is 1640. The number of benzene rings is 3. The van der Waals surface area contributed by atoms with Crippen molar-refractivity contribution in [1.29, 1.82) is 0 Å². The van der Waals surface area contributed by atoms with E-state index >= 15 is 0 Å². The normalized spacial score (nSPS) is 16.9. The number of hydrogen-bond acceptors (Lipinski definition) is 8. The number of aromatic nitrogens is 2. The van der Waals surface area contributed by atoms with Crippen molar-refractivity contribution in [1.82, 2.24) is 14.9 Å². The molecule has 8 nitrogen and oxygen atoms in total. The molecule has 2 heterocycles. The number of hydrogen-bond donors (Lipinski definition) is 0. The fraction of sp³-hybridized carbons (Fsp3) is 0.462. The summed E-state index contributed by atoms with van der Waals surface area (Å²) in [5.41, 5.74) is 2.93. The highest BCUT2D eigenvalue weighted by Crippen LogP contribution is 2.34. The zero-order valence-corrected chi connectivity index (χ0v) is 31.6. The Morgan fingerprint density at radius 1 is 0.980 bits per heavy atom. The molecule has 0 saturated carbocycles. The van der Waals surface area contributed by atoms with E-state index in [1.165, 1.54) is 11.1 Å². The summed E-state index contributed by atoms with van der Waals surface area (Å²) in [4.78, 5) is 23.5. The number of likely N-dealkylation sites (tertiary alicyclic amines) is 1. The number of amides is 1. The van der Waals surface area contributed by atoms with Gasteiger partial charge >= 0.3 is 6.09 Å². The number of fused-ring (bicyclic) bond motifs is 1. The molecule has 262 valence electrons. The van der Waals surface area contributed by atoms with Gasteiger partial charge in [-0.1, -0.05) is 79.9 Å². The van der Waals surface area contributed by atoms with Crippen molar-refractivity contribution in [3.8, 4) is 5.75 Å². The van der Waals surface area contributed by atoms with E-state index in [4.69, 9.17) is 18.9 Å². The average Bonchev–Trinajstić information content (AvgIpc) is 3.06. The Balaban J connectivity index is 1.28. The summed E-state index contributed by atoms with van der Waals surface area (Å²) >= 11 is 1.66. The highest BCUT2D eigenvalue weighted by molar-refractivity contribution is 7.99. The Hall–Kier alpha value is -3.44. The lowest BCUT2D eigenvalue weighted by atomic mass is 9.86. The van der Waals surface area contributed by atoms with Crippen molar-refractivity contribution >= 4 is 36.7 Å². The van der Waals surface area contributed by atoms with Gasteiger partial charge < -0.3 is 23.8 Å². The summed E-state index contributed by atoms with van der Waals surface area (Å²) in [5, 5.41) is 2.93. The second-order valence-corrected chi connectivity index (χ2v) is 21.5. The van der Waals surface area contributed by atoms with Crippen molar-refractivity contribution in [2.45, 2.75) is 88.7 Å². The first-order valence-corrected chi connectivity index (χ1v) is 21.9. The number of thioether (sulfide) groups is 1. The molecule has 1 aliphatic rings. The van der Waals surface area contributed by atoms with E-state index < -0.39 is 13.7 Å². The molecule has 1 amide bonds. The molecule has 1 aliphatic heterocycles. The van der Waals surface area contributed by atoms with Crippen LogP contribution in [0.25, 0.3) is 10.8 Å². The molecule has 1 saturated heterocycles. The lowest BCUT2D eigenvalue weighted by Gasteiger charge is -2.39. The number of ether oxygens (including phenoxy) is 4. The standard InChI is InChI=1S/C39H51N3O5SSi/c1-39(2,3)47-38(43)42-20-16-34(31-14-12-29(13-15-31)17-22-48-37-40-18-9-19-41-37)36(26-42)45-27-30-24-32-10-7-8-11-33(32)35(25-30)46-28-44-21-23-49(4,5)6/h7-15,18-19,24-25,34,36H,16-17,20-23,26-28H2,1-6H3. The van der Waals surface area contributed by atoms with Gasteiger partial charge in [-0.3, -0.25) is 0 Å². The SMILES string of the molecule is CC(C)(C)OC(=O)N1CCC(c2ccc(CCSc3ncccn3)cc2)C(OCc2cc(OCOCC[Si](C)(C)C)c3ccccc3c2)C1. The number of rotatable bonds is 14. The van der Waals surface area contributed by atoms with E-state index in [1.807, 2.05) is 39.0 Å². The molecule has 49 heavy (non-hydrogen) atoms. The summed E-state index contributed by atoms with van der Waals surface area (Å²) in [6.07, 6.45) is 4.75. The van der Waals surface area contributed by atoms with Gasteiger partial charge in [0.1, 0.15) is 11.4 Å². The van der Waals surface area contributed by atoms with Crippen molar-refractivity contribution in [2.75, 3.05) is 32.2 Å². The van der Waals surface area contributed by atoms with Gasteiger partial charge in [0, 0.05) is 50.7 Å². The number of aryl methyl sites for hydroxylation is 1. The molecule has 0 bridgehead atoms. The lowest BCUT2D eigenvalue weighted by Crippen LogP contribution is -2.48. The quantitative estimate of drug-likeness (QED) is 0.0424. The van der Waals surface area contributed by atoms with Crippen LogP contribution < -0.4 is 4.74 Å². The van der Waals surface area contributed by atoms with Gasteiger partial charge in [0.2, 0.25) is 0 Å². The van der Waals surface area contributed by atoms with Gasteiger partial charge in [0.25, 0.3) is 0 Å². The first-order valence-electron chi connectivity index (χ1n) is 17.2. The molecule has 10 heteroatoms. The highest BCUT2D eigenvalue weighted by atomic mass is 32.2. The Kier molecular flexibility index (Phi) is 12.8. The molecule has 4 aromatic rings. The molecule has 1 fully saturated rings. The van der Waals surface area contributed by atoms with Gasteiger partial charge in [0.05, 0.1) is 19.3 Å². The van der Waals surface area contributed by atoms with Crippen LogP contribution in [0.5, 0.6) is 5.75 Å². The van der Waals surface area contributed by atoms with Crippen LogP contribution in [0, 0.1) is 0 Å². The number of carbonyl (C=O) groups is 1. The Labute approximate surface area is 296 Å². The van der Waals surface area contributed by atoms with Crippen molar-refractivity contribution < 1.29 is 23.7 Å². The molecule has 0 aliphatic carbocycles. The second-order valence-electron chi connectivity index (χ2n) is 14.8. The summed E-state index contributed by atoms with van der Waals surface area (Å²) in [7, 11) is -1.18. The van der Waals surface area contributed by atoms with Crippen LogP contribution in [0.3, 0.4) is 0 Å². The number of nitrogens with zero attached hydrogens (tertiary/aromatic N) is 3. The largest absolute Gasteiger partial charge is 0.467 e. The third-order valence-electron chi connectivity index (χ3n) is 8.42. The van der Waals surface area contributed by atoms with Gasteiger partial charge in [0.15, 0.2) is 11.9 Å². The summed E-state index contributed by atoms with van der Waals surface area (Å²) in [6, 6.07) is 24.2. The molecule has 0 spiro atoms. The first kappa shape index (κ1) is 36.8. The first-order chi connectivity index (χ1) is 23.4. The smallest absolute Gasteiger partial charge is 0.410 e. The van der Waals surface area contributed by atoms with Crippen LogP contribution in [0.1, 0.15) is 49.8 Å². The maximum atomic E-state index is 13.1. The van der Waals surface area contributed by atoms with Crippen LogP contribution in [-0.2, 0) is 27.2 Å². The van der Waals surface area contributed by atoms with Gasteiger partial charge in [-0.15, -0.1) is 0 Å².